The van der Waals surface area contributed by atoms with Gasteiger partial charge in [0.15, 0.2) is 12.3 Å². The number of rotatable bonds is 5. The molecule has 0 spiro atoms. The standard InChI is InChI=1S/C22H32N2O2/c1-16-7-9-18(10-8-16)22(26)19-11-13-24(14-12-19)15-21(25)23-20-6-4-3-5-17(20)2/h7-10,17,19-20H,3-6,11-15H2,1-2H3,(H,23,25)/p+1/t17-,20-/m1/s1. The van der Waals surface area contributed by atoms with Gasteiger partial charge in [0, 0.05) is 30.4 Å². The van der Waals surface area contributed by atoms with Crippen LogP contribution >= 0.6 is 0 Å². The van der Waals surface area contributed by atoms with Gasteiger partial charge >= 0.3 is 0 Å². The largest absolute Gasteiger partial charge is 0.348 e. The summed E-state index contributed by atoms with van der Waals surface area (Å²) in [5.41, 5.74) is 2.01. The number of carbonyl (C=O) groups excluding carboxylic acids is 2. The van der Waals surface area contributed by atoms with Gasteiger partial charge in [0.2, 0.25) is 0 Å². The fourth-order valence-corrected chi connectivity index (χ4v) is 4.43. The number of hydrogen-bond acceptors (Lipinski definition) is 2. The number of hydrogen-bond donors (Lipinski definition) is 2. The third kappa shape index (κ3) is 4.94. The molecule has 26 heavy (non-hydrogen) atoms. The Kier molecular flexibility index (Phi) is 6.47. The predicted octanol–water partition coefficient (Wildman–Crippen LogP) is 2.17. The molecule has 1 heterocycles. The number of Topliss-reactive ketones (excluding diaryl/α,β-unsaturated/α-hetero) is 1. The highest BCUT2D eigenvalue weighted by atomic mass is 16.2. The van der Waals surface area contributed by atoms with Gasteiger partial charge in [-0.2, -0.15) is 0 Å². The molecule has 1 saturated carbocycles. The van der Waals surface area contributed by atoms with Crippen LogP contribution in [0.25, 0.3) is 0 Å². The molecule has 1 saturated heterocycles. The van der Waals surface area contributed by atoms with Crippen LogP contribution in [-0.4, -0.2) is 37.4 Å². The van der Waals surface area contributed by atoms with Crippen molar-refractivity contribution in [3.63, 3.8) is 0 Å². The molecule has 1 aromatic carbocycles. The molecule has 4 heteroatoms. The number of carbonyl (C=O) groups is 2. The highest BCUT2D eigenvalue weighted by Gasteiger charge is 2.30. The second-order valence-electron chi connectivity index (χ2n) is 8.37. The smallest absolute Gasteiger partial charge is 0.275 e. The maximum absolute atomic E-state index is 12.7. The molecular weight excluding hydrogens is 324 g/mol. The van der Waals surface area contributed by atoms with E-state index in [1.807, 2.05) is 31.2 Å². The molecule has 1 amide bonds. The maximum atomic E-state index is 12.7. The first-order chi connectivity index (χ1) is 12.5. The summed E-state index contributed by atoms with van der Waals surface area (Å²) in [7, 11) is 0. The minimum Gasteiger partial charge on any atom is -0.348 e. The molecule has 2 aliphatic rings. The minimum absolute atomic E-state index is 0.114. The lowest BCUT2D eigenvalue weighted by Crippen LogP contribution is -3.14. The molecule has 3 rings (SSSR count). The van der Waals surface area contributed by atoms with Crippen LogP contribution in [0.5, 0.6) is 0 Å². The van der Waals surface area contributed by atoms with Crippen molar-refractivity contribution in [2.45, 2.75) is 58.4 Å². The molecule has 4 nitrogen and oxygen atoms in total. The number of quaternary nitrogens is 1. The van der Waals surface area contributed by atoms with Gasteiger partial charge in [0.1, 0.15) is 0 Å². The van der Waals surface area contributed by atoms with Gasteiger partial charge < -0.3 is 10.2 Å². The normalized spacial score (nSPS) is 29.2. The maximum Gasteiger partial charge on any atom is 0.275 e. The van der Waals surface area contributed by atoms with Crippen molar-refractivity contribution in [2.75, 3.05) is 19.6 Å². The first kappa shape index (κ1) is 19.1. The number of aryl methyl sites for hydroxylation is 1. The van der Waals surface area contributed by atoms with Crippen molar-refractivity contribution in [1.82, 2.24) is 5.32 Å². The fourth-order valence-electron chi connectivity index (χ4n) is 4.43. The van der Waals surface area contributed by atoms with E-state index >= 15 is 0 Å². The van der Waals surface area contributed by atoms with Crippen LogP contribution in [0, 0.1) is 18.8 Å². The second kappa shape index (κ2) is 8.81. The van der Waals surface area contributed by atoms with E-state index in [1.165, 1.54) is 29.7 Å². The zero-order valence-corrected chi connectivity index (χ0v) is 16.2. The number of nitrogens with one attached hydrogen (secondary N) is 2. The van der Waals surface area contributed by atoms with Gasteiger partial charge in [-0.05, 0) is 25.7 Å². The van der Waals surface area contributed by atoms with Crippen LogP contribution in [0.4, 0.5) is 0 Å². The van der Waals surface area contributed by atoms with E-state index in [0.29, 0.717) is 18.5 Å². The van der Waals surface area contributed by atoms with Crippen LogP contribution in [0.2, 0.25) is 0 Å². The first-order valence-electron chi connectivity index (χ1n) is 10.3. The monoisotopic (exact) mass is 357 g/mol. The van der Waals surface area contributed by atoms with Crippen LogP contribution in [0.15, 0.2) is 24.3 Å². The summed E-state index contributed by atoms with van der Waals surface area (Å²) in [5, 5.41) is 3.25. The van der Waals surface area contributed by atoms with E-state index in [1.54, 1.807) is 0 Å². The SMILES string of the molecule is Cc1ccc(C(=O)C2CC[NH+](CC(=O)N[C@@H]3CCCC[C@H]3C)CC2)cc1. The zero-order valence-electron chi connectivity index (χ0n) is 16.2. The zero-order chi connectivity index (χ0) is 18.5. The summed E-state index contributed by atoms with van der Waals surface area (Å²) >= 11 is 0. The molecule has 2 atom stereocenters. The molecule has 0 radical (unpaired) electrons. The molecular formula is C22H33N2O2+. The van der Waals surface area contributed by atoms with Gasteiger partial charge in [-0.25, -0.2) is 0 Å². The number of amides is 1. The molecule has 1 aromatic rings. The lowest BCUT2D eigenvalue weighted by molar-refractivity contribution is -0.897. The molecule has 142 valence electrons. The van der Waals surface area contributed by atoms with Gasteiger partial charge in [-0.1, -0.05) is 49.6 Å². The molecule has 0 unspecified atom stereocenters. The third-order valence-corrected chi connectivity index (χ3v) is 6.27. The highest BCUT2D eigenvalue weighted by molar-refractivity contribution is 5.97. The lowest BCUT2D eigenvalue weighted by atomic mass is 9.86. The Labute approximate surface area is 157 Å². The summed E-state index contributed by atoms with van der Waals surface area (Å²) in [6.45, 7) is 6.66. The fraction of sp³-hybridized carbons (Fsp3) is 0.636. The summed E-state index contributed by atoms with van der Waals surface area (Å²) in [4.78, 5) is 26.4. The van der Waals surface area contributed by atoms with Crippen molar-refractivity contribution in [2.24, 2.45) is 11.8 Å². The second-order valence-corrected chi connectivity index (χ2v) is 8.37. The Hall–Kier alpha value is -1.68. The summed E-state index contributed by atoms with van der Waals surface area (Å²) in [6, 6.07) is 8.25. The summed E-state index contributed by atoms with van der Waals surface area (Å²) < 4.78 is 0. The topological polar surface area (TPSA) is 50.6 Å². The van der Waals surface area contributed by atoms with Gasteiger partial charge in [-0.15, -0.1) is 0 Å². The van der Waals surface area contributed by atoms with Gasteiger partial charge in [0.25, 0.3) is 5.91 Å². The van der Waals surface area contributed by atoms with E-state index in [-0.39, 0.29) is 17.6 Å². The summed E-state index contributed by atoms with van der Waals surface area (Å²) in [5.74, 6) is 1.16. The van der Waals surface area contributed by atoms with Crippen molar-refractivity contribution in [3.05, 3.63) is 35.4 Å². The number of ketones is 1. The average Bonchev–Trinajstić information content (AvgIpc) is 2.64. The van der Waals surface area contributed by atoms with Crippen molar-refractivity contribution in [1.29, 1.82) is 0 Å². The van der Waals surface area contributed by atoms with Gasteiger partial charge in [-0.3, -0.25) is 9.59 Å². The first-order valence-corrected chi connectivity index (χ1v) is 10.3. The number of benzene rings is 1. The van der Waals surface area contributed by atoms with E-state index in [4.69, 9.17) is 0 Å². The van der Waals surface area contributed by atoms with E-state index < -0.39 is 0 Å². The van der Waals surface area contributed by atoms with E-state index in [0.717, 1.165) is 37.9 Å². The quantitative estimate of drug-likeness (QED) is 0.794. The van der Waals surface area contributed by atoms with Crippen molar-refractivity contribution < 1.29 is 14.5 Å². The molecule has 1 aliphatic carbocycles. The third-order valence-electron chi connectivity index (χ3n) is 6.27. The van der Waals surface area contributed by atoms with Crippen LogP contribution in [0.3, 0.4) is 0 Å². The molecule has 0 bridgehead atoms. The van der Waals surface area contributed by atoms with Crippen molar-refractivity contribution >= 4 is 11.7 Å². The Morgan fingerprint density at radius 3 is 2.35 bits per heavy atom. The predicted molar refractivity (Wildman–Crippen MR) is 103 cm³/mol. The Morgan fingerprint density at radius 1 is 1.04 bits per heavy atom. The summed E-state index contributed by atoms with van der Waals surface area (Å²) in [6.07, 6.45) is 6.64. The Bertz CT molecular complexity index is 618. The molecule has 2 fully saturated rings. The molecule has 0 aromatic heterocycles. The minimum atomic E-state index is 0.114. The van der Waals surface area contributed by atoms with E-state index in [9.17, 15) is 9.59 Å². The van der Waals surface area contributed by atoms with Crippen LogP contribution in [0.1, 0.15) is 61.4 Å². The average molecular weight is 358 g/mol. The Balaban J connectivity index is 1.44. The van der Waals surface area contributed by atoms with Crippen LogP contribution in [-0.2, 0) is 4.79 Å². The Morgan fingerprint density at radius 2 is 1.69 bits per heavy atom. The van der Waals surface area contributed by atoms with Crippen molar-refractivity contribution in [3.8, 4) is 0 Å². The molecule has 2 N–H and O–H groups in total. The number of piperidine rings is 1. The highest BCUT2D eigenvalue weighted by Crippen LogP contribution is 2.23. The van der Waals surface area contributed by atoms with Crippen LogP contribution < -0.4 is 10.2 Å². The molecule has 1 aliphatic heterocycles. The lowest BCUT2D eigenvalue weighted by Gasteiger charge is -2.31. The number of likely N-dealkylation sites (tertiary alicyclic amines) is 1. The van der Waals surface area contributed by atoms with Gasteiger partial charge in [0.05, 0.1) is 13.1 Å². The van der Waals surface area contributed by atoms with E-state index in [2.05, 4.69) is 12.2 Å².